The fourth-order valence-electron chi connectivity index (χ4n) is 2.27. The van der Waals surface area contributed by atoms with Gasteiger partial charge in [0.2, 0.25) is 5.91 Å². The number of benzene rings is 1. The van der Waals surface area contributed by atoms with E-state index in [0.717, 1.165) is 5.75 Å². The molecule has 6 heteroatoms. The van der Waals surface area contributed by atoms with Gasteiger partial charge in [-0.15, -0.1) is 0 Å². The number of amides is 2. The molecule has 2 amide bonds. The number of rotatable bonds is 5. The molecule has 0 bridgehead atoms. The molecule has 1 atom stereocenters. The first kappa shape index (κ1) is 16.3. The number of hydrogen-bond acceptors (Lipinski definition) is 4. The molecule has 0 saturated carbocycles. The summed E-state index contributed by atoms with van der Waals surface area (Å²) in [6.07, 6.45) is 0. The number of hydrogen-bond donors (Lipinski definition) is 1. The molecule has 1 N–H and O–H groups in total. The van der Waals surface area contributed by atoms with Crippen molar-refractivity contribution >= 4 is 11.8 Å². The SMILES string of the molecule is CCOc1ccc(C(=O)N[C@@H](C)C(=O)N2CCOCC2)cc1. The Morgan fingerprint density at radius 2 is 1.91 bits per heavy atom. The lowest BCUT2D eigenvalue weighted by atomic mass is 10.2. The van der Waals surface area contributed by atoms with Crippen LogP contribution in [0.5, 0.6) is 5.75 Å². The van der Waals surface area contributed by atoms with Gasteiger partial charge in [0.25, 0.3) is 5.91 Å². The molecule has 0 aromatic heterocycles. The second-order valence-electron chi connectivity index (χ2n) is 5.09. The molecule has 0 spiro atoms. The van der Waals surface area contributed by atoms with E-state index < -0.39 is 6.04 Å². The lowest BCUT2D eigenvalue weighted by Crippen LogP contribution is -2.50. The van der Waals surface area contributed by atoms with Crippen molar-refractivity contribution in [1.29, 1.82) is 0 Å². The second kappa shape index (κ2) is 7.79. The van der Waals surface area contributed by atoms with Crippen LogP contribution >= 0.6 is 0 Å². The van der Waals surface area contributed by atoms with Crippen LogP contribution in [0.15, 0.2) is 24.3 Å². The molecule has 1 saturated heterocycles. The maximum absolute atomic E-state index is 12.2. The predicted molar refractivity (Wildman–Crippen MR) is 81.9 cm³/mol. The smallest absolute Gasteiger partial charge is 0.251 e. The zero-order chi connectivity index (χ0) is 15.9. The van der Waals surface area contributed by atoms with E-state index in [1.54, 1.807) is 36.1 Å². The summed E-state index contributed by atoms with van der Waals surface area (Å²) < 4.78 is 10.6. The average molecular weight is 306 g/mol. The number of morpholine rings is 1. The van der Waals surface area contributed by atoms with Crippen molar-refractivity contribution in [2.45, 2.75) is 19.9 Å². The Kier molecular flexibility index (Phi) is 5.77. The van der Waals surface area contributed by atoms with E-state index in [-0.39, 0.29) is 11.8 Å². The van der Waals surface area contributed by atoms with Gasteiger partial charge in [-0.3, -0.25) is 9.59 Å². The molecule has 22 heavy (non-hydrogen) atoms. The summed E-state index contributed by atoms with van der Waals surface area (Å²) in [6.45, 7) is 6.42. The van der Waals surface area contributed by atoms with Crippen LogP contribution in [0.2, 0.25) is 0 Å². The molecule has 2 rings (SSSR count). The van der Waals surface area contributed by atoms with Gasteiger partial charge in [0, 0.05) is 18.7 Å². The molecule has 120 valence electrons. The topological polar surface area (TPSA) is 67.9 Å². The van der Waals surface area contributed by atoms with Gasteiger partial charge < -0.3 is 19.7 Å². The van der Waals surface area contributed by atoms with Gasteiger partial charge >= 0.3 is 0 Å². The highest BCUT2D eigenvalue weighted by molar-refractivity contribution is 5.97. The summed E-state index contributed by atoms with van der Waals surface area (Å²) in [5.74, 6) is 0.372. The number of carbonyl (C=O) groups excluding carboxylic acids is 2. The summed E-state index contributed by atoms with van der Waals surface area (Å²) in [7, 11) is 0. The molecule has 1 aliphatic rings. The highest BCUT2D eigenvalue weighted by atomic mass is 16.5. The molecule has 6 nitrogen and oxygen atoms in total. The Labute approximate surface area is 130 Å². The van der Waals surface area contributed by atoms with E-state index in [9.17, 15) is 9.59 Å². The third-order valence-electron chi connectivity index (χ3n) is 3.47. The first-order chi connectivity index (χ1) is 10.6. The summed E-state index contributed by atoms with van der Waals surface area (Å²) in [5, 5.41) is 2.73. The van der Waals surface area contributed by atoms with E-state index in [4.69, 9.17) is 9.47 Å². The molecule has 1 aliphatic heterocycles. The Bertz CT molecular complexity index is 509. The van der Waals surface area contributed by atoms with Crippen molar-refractivity contribution in [3.8, 4) is 5.75 Å². The van der Waals surface area contributed by atoms with Crippen molar-refractivity contribution in [2.75, 3.05) is 32.9 Å². The van der Waals surface area contributed by atoms with Gasteiger partial charge in [0.15, 0.2) is 0 Å². The highest BCUT2D eigenvalue weighted by Gasteiger charge is 2.23. The van der Waals surface area contributed by atoms with E-state index in [0.29, 0.717) is 38.5 Å². The van der Waals surface area contributed by atoms with Crippen LogP contribution in [0.3, 0.4) is 0 Å². The van der Waals surface area contributed by atoms with Crippen LogP contribution in [-0.2, 0) is 9.53 Å². The van der Waals surface area contributed by atoms with Crippen LogP contribution in [0.1, 0.15) is 24.2 Å². The Hall–Kier alpha value is -2.08. The normalized spacial score (nSPS) is 16.0. The summed E-state index contributed by atoms with van der Waals surface area (Å²) in [6, 6.07) is 6.30. The first-order valence-corrected chi connectivity index (χ1v) is 7.52. The van der Waals surface area contributed by atoms with Gasteiger partial charge in [0.1, 0.15) is 11.8 Å². The Balaban J connectivity index is 1.91. The first-order valence-electron chi connectivity index (χ1n) is 7.52. The third kappa shape index (κ3) is 4.21. The standard InChI is InChI=1S/C16H22N2O4/c1-3-22-14-6-4-13(5-7-14)15(19)17-12(2)16(20)18-8-10-21-11-9-18/h4-7,12H,3,8-11H2,1-2H3,(H,17,19)/t12-/m0/s1. The minimum Gasteiger partial charge on any atom is -0.494 e. The fraction of sp³-hybridized carbons (Fsp3) is 0.500. The van der Waals surface area contributed by atoms with Gasteiger partial charge in [-0.2, -0.15) is 0 Å². The quantitative estimate of drug-likeness (QED) is 0.883. The van der Waals surface area contributed by atoms with Crippen molar-refractivity contribution in [3.63, 3.8) is 0 Å². The lowest BCUT2D eigenvalue weighted by molar-refractivity contribution is -0.136. The second-order valence-corrected chi connectivity index (χ2v) is 5.09. The molecular weight excluding hydrogens is 284 g/mol. The molecule has 1 aromatic rings. The zero-order valence-corrected chi connectivity index (χ0v) is 13.0. The van der Waals surface area contributed by atoms with E-state index in [1.807, 2.05) is 6.92 Å². The maximum atomic E-state index is 12.2. The number of ether oxygens (including phenoxy) is 2. The van der Waals surface area contributed by atoms with Crippen molar-refractivity contribution < 1.29 is 19.1 Å². The molecule has 1 fully saturated rings. The average Bonchev–Trinajstić information content (AvgIpc) is 2.55. The van der Waals surface area contributed by atoms with Crippen LogP contribution < -0.4 is 10.1 Å². The summed E-state index contributed by atoms with van der Waals surface area (Å²) >= 11 is 0. The van der Waals surface area contributed by atoms with Crippen LogP contribution in [0, 0.1) is 0 Å². The zero-order valence-electron chi connectivity index (χ0n) is 13.0. The van der Waals surface area contributed by atoms with Gasteiger partial charge in [-0.1, -0.05) is 0 Å². The van der Waals surface area contributed by atoms with E-state index >= 15 is 0 Å². The molecular formula is C16H22N2O4. The van der Waals surface area contributed by atoms with Gasteiger partial charge in [0.05, 0.1) is 19.8 Å². The van der Waals surface area contributed by atoms with Crippen molar-refractivity contribution in [1.82, 2.24) is 10.2 Å². The predicted octanol–water partition coefficient (Wildman–Crippen LogP) is 1.06. The molecule has 1 aromatic carbocycles. The van der Waals surface area contributed by atoms with Crippen molar-refractivity contribution in [2.24, 2.45) is 0 Å². The monoisotopic (exact) mass is 306 g/mol. The third-order valence-corrected chi connectivity index (χ3v) is 3.47. The maximum Gasteiger partial charge on any atom is 0.251 e. The van der Waals surface area contributed by atoms with E-state index in [2.05, 4.69) is 5.32 Å². The molecule has 0 radical (unpaired) electrons. The molecule has 1 heterocycles. The van der Waals surface area contributed by atoms with Gasteiger partial charge in [-0.25, -0.2) is 0 Å². The van der Waals surface area contributed by atoms with Crippen molar-refractivity contribution in [3.05, 3.63) is 29.8 Å². The Morgan fingerprint density at radius 3 is 2.50 bits per heavy atom. The number of carbonyl (C=O) groups is 2. The molecule has 0 aliphatic carbocycles. The Morgan fingerprint density at radius 1 is 1.27 bits per heavy atom. The van der Waals surface area contributed by atoms with Crippen LogP contribution in [-0.4, -0.2) is 55.7 Å². The molecule has 0 unspecified atom stereocenters. The van der Waals surface area contributed by atoms with Gasteiger partial charge in [-0.05, 0) is 38.1 Å². The van der Waals surface area contributed by atoms with E-state index in [1.165, 1.54) is 0 Å². The number of nitrogens with zero attached hydrogens (tertiary/aromatic N) is 1. The lowest BCUT2D eigenvalue weighted by Gasteiger charge is -2.29. The highest BCUT2D eigenvalue weighted by Crippen LogP contribution is 2.12. The fourth-order valence-corrected chi connectivity index (χ4v) is 2.27. The van der Waals surface area contributed by atoms with Crippen LogP contribution in [0.4, 0.5) is 0 Å². The minimum atomic E-state index is -0.558. The largest absolute Gasteiger partial charge is 0.494 e. The number of nitrogens with one attached hydrogen (secondary N) is 1. The summed E-state index contributed by atoms with van der Waals surface area (Å²) in [4.78, 5) is 26.1. The summed E-state index contributed by atoms with van der Waals surface area (Å²) in [5.41, 5.74) is 0.505. The van der Waals surface area contributed by atoms with Crippen LogP contribution in [0.25, 0.3) is 0 Å². The minimum absolute atomic E-state index is 0.0809.